The Morgan fingerprint density at radius 2 is 1.69 bits per heavy atom. The lowest BCUT2D eigenvalue weighted by Crippen LogP contribution is -2.49. The largest absolute Gasteiger partial charge is 0.480 e. The van der Waals surface area contributed by atoms with Crippen molar-refractivity contribution < 1.29 is 32.3 Å². The van der Waals surface area contributed by atoms with Crippen LogP contribution in [0.1, 0.15) is 67.6 Å². The van der Waals surface area contributed by atoms with E-state index in [1.54, 1.807) is 24.1 Å². The zero-order valence-electron chi connectivity index (χ0n) is 25.8. The molecule has 2 heterocycles. The van der Waals surface area contributed by atoms with Crippen molar-refractivity contribution in [3.8, 4) is 0 Å². The molecule has 246 valence electrons. The molecule has 5 rings (SSSR count). The number of nitrogens with zero attached hydrogens (tertiary/aromatic N) is 3. The number of nitrogens with one attached hydrogen (secondary N) is 1. The molecule has 0 unspecified atom stereocenters. The third-order valence-corrected chi connectivity index (χ3v) is 10.1. The molecule has 0 aromatic heterocycles. The first-order valence-electron chi connectivity index (χ1n) is 16.1. The second-order valence-corrected chi connectivity index (χ2v) is 13.1. The third kappa shape index (κ3) is 8.35. The molecule has 2 aliphatic heterocycles. The third-order valence-electron chi connectivity index (χ3n) is 10.1. The Balaban J connectivity index is 1.17. The minimum Gasteiger partial charge on any atom is -0.480 e. The van der Waals surface area contributed by atoms with E-state index < -0.39 is 23.8 Å². The lowest BCUT2D eigenvalue weighted by molar-refractivity contribution is -0.145. The Hall–Kier alpha value is -3.18. The van der Waals surface area contributed by atoms with Crippen molar-refractivity contribution in [2.24, 2.45) is 11.8 Å². The van der Waals surface area contributed by atoms with Gasteiger partial charge in [0.05, 0.1) is 5.56 Å². The zero-order chi connectivity index (χ0) is 32.1. The first-order chi connectivity index (χ1) is 21.5. The highest BCUT2D eigenvalue weighted by Crippen LogP contribution is 2.39. The minimum atomic E-state index is -4.40. The van der Waals surface area contributed by atoms with Crippen LogP contribution >= 0.6 is 0 Å². The van der Waals surface area contributed by atoms with Crippen molar-refractivity contribution in [2.45, 2.75) is 75.7 Å². The maximum absolute atomic E-state index is 14.3. The normalized spacial score (nSPS) is 23.1. The van der Waals surface area contributed by atoms with E-state index in [2.05, 4.69) is 15.1 Å². The summed E-state index contributed by atoms with van der Waals surface area (Å²) < 4.78 is 52.8. The van der Waals surface area contributed by atoms with Gasteiger partial charge in [0.1, 0.15) is 11.9 Å². The Morgan fingerprint density at radius 3 is 2.31 bits per heavy atom. The fourth-order valence-corrected chi connectivity index (χ4v) is 7.64. The van der Waals surface area contributed by atoms with Gasteiger partial charge in [0.2, 0.25) is 0 Å². The van der Waals surface area contributed by atoms with Crippen LogP contribution in [0.25, 0.3) is 0 Å². The van der Waals surface area contributed by atoms with E-state index in [1.165, 1.54) is 18.2 Å². The van der Waals surface area contributed by atoms with Crippen LogP contribution < -0.4 is 5.32 Å². The van der Waals surface area contributed by atoms with Crippen molar-refractivity contribution in [3.05, 3.63) is 71.0 Å². The number of hydrogen-bond acceptors (Lipinski definition) is 4. The molecular weight excluding hydrogens is 588 g/mol. The number of carbonyl (C=O) groups excluding carboxylic acids is 1. The number of hydrogen-bond donors (Lipinski definition) is 2. The van der Waals surface area contributed by atoms with Crippen molar-refractivity contribution in [2.75, 3.05) is 39.8 Å². The number of rotatable bonds is 9. The molecule has 1 saturated carbocycles. The van der Waals surface area contributed by atoms with Gasteiger partial charge in [-0.15, -0.1) is 0 Å². The molecule has 1 aliphatic carbocycles. The molecule has 2 saturated heterocycles. The molecule has 11 heteroatoms. The number of carbonyl (C=O) groups is 2. The summed E-state index contributed by atoms with van der Waals surface area (Å²) in [5.41, 5.74) is 0.779. The standard InChI is InChI=1S/C34H44F4N4O3/c1-40(33(45)39-19-23-10-12-27(13-11-23)34(36,37)38)29-14-16-41(17-15-29)20-26-21-42(22-30(26)25-8-5-9-28(35)18-25)31(32(43)44)24-6-3-2-4-7-24/h5,8-13,18,24,26,29-31H,2-4,6-7,14-17,19-22H2,1H3,(H,39,45)(H,43,44)/t26-,30+,31+/m0/s1. The summed E-state index contributed by atoms with van der Waals surface area (Å²) in [6, 6.07) is 10.7. The van der Waals surface area contributed by atoms with Gasteiger partial charge in [0.25, 0.3) is 0 Å². The number of piperidine rings is 1. The lowest BCUT2D eigenvalue weighted by atomic mass is 9.83. The van der Waals surface area contributed by atoms with Crippen LogP contribution in [0.2, 0.25) is 0 Å². The topological polar surface area (TPSA) is 76.1 Å². The number of carboxylic acids is 1. The SMILES string of the molecule is CN(C(=O)NCc1ccc(C(F)(F)F)cc1)C1CCN(C[C@H]2CN([C@@H](C(=O)O)C3CCCCC3)C[C@@H]2c2cccc(F)c2)CC1. The van der Waals surface area contributed by atoms with Crippen molar-refractivity contribution in [1.82, 2.24) is 20.0 Å². The number of carboxylic acid groups (broad SMARTS) is 1. The maximum Gasteiger partial charge on any atom is 0.416 e. The molecule has 3 aliphatic rings. The van der Waals surface area contributed by atoms with Gasteiger partial charge in [-0.25, -0.2) is 9.18 Å². The quantitative estimate of drug-likeness (QED) is 0.322. The van der Waals surface area contributed by atoms with E-state index in [0.29, 0.717) is 18.7 Å². The molecule has 2 aromatic rings. The van der Waals surface area contributed by atoms with Crippen molar-refractivity contribution >= 4 is 12.0 Å². The molecule has 3 atom stereocenters. The average molecular weight is 633 g/mol. The van der Waals surface area contributed by atoms with Crippen LogP contribution in [0.5, 0.6) is 0 Å². The number of benzene rings is 2. The lowest BCUT2D eigenvalue weighted by Gasteiger charge is -2.38. The number of halogens is 4. The van der Waals surface area contributed by atoms with Gasteiger partial charge in [-0.2, -0.15) is 13.2 Å². The monoisotopic (exact) mass is 632 g/mol. The first-order valence-corrected chi connectivity index (χ1v) is 16.1. The number of amides is 2. The van der Waals surface area contributed by atoms with Crippen molar-refractivity contribution in [3.63, 3.8) is 0 Å². The highest BCUT2D eigenvalue weighted by atomic mass is 19.4. The van der Waals surface area contributed by atoms with Crippen LogP contribution in [0, 0.1) is 17.7 Å². The Bertz CT molecular complexity index is 1290. The second kappa shape index (κ2) is 14.5. The van der Waals surface area contributed by atoms with E-state index in [-0.39, 0.29) is 42.2 Å². The van der Waals surface area contributed by atoms with E-state index >= 15 is 0 Å². The van der Waals surface area contributed by atoms with Gasteiger partial charge < -0.3 is 20.2 Å². The van der Waals surface area contributed by atoms with Crippen LogP contribution in [-0.4, -0.2) is 83.7 Å². The molecule has 0 radical (unpaired) electrons. The van der Waals surface area contributed by atoms with Gasteiger partial charge in [-0.1, -0.05) is 43.5 Å². The van der Waals surface area contributed by atoms with E-state index in [4.69, 9.17) is 0 Å². The van der Waals surface area contributed by atoms with Gasteiger partial charge in [-0.05, 0) is 72.9 Å². The van der Waals surface area contributed by atoms with Crippen LogP contribution in [0.3, 0.4) is 0 Å². The summed E-state index contributed by atoms with van der Waals surface area (Å²) >= 11 is 0. The zero-order valence-corrected chi connectivity index (χ0v) is 25.8. The van der Waals surface area contributed by atoms with E-state index in [9.17, 15) is 32.3 Å². The highest BCUT2D eigenvalue weighted by Gasteiger charge is 2.43. The van der Waals surface area contributed by atoms with Crippen molar-refractivity contribution in [1.29, 1.82) is 0 Å². The molecule has 7 nitrogen and oxygen atoms in total. The summed E-state index contributed by atoms with van der Waals surface area (Å²) in [5.74, 6) is -0.728. The number of likely N-dealkylation sites (tertiary alicyclic amines) is 2. The van der Waals surface area contributed by atoms with Gasteiger partial charge in [-0.3, -0.25) is 9.69 Å². The Kier molecular flexibility index (Phi) is 10.7. The maximum atomic E-state index is 14.3. The molecule has 2 aromatic carbocycles. The summed E-state index contributed by atoms with van der Waals surface area (Å²) in [4.78, 5) is 31.6. The smallest absolute Gasteiger partial charge is 0.416 e. The predicted molar refractivity (Wildman–Crippen MR) is 163 cm³/mol. The summed E-state index contributed by atoms with van der Waals surface area (Å²) in [7, 11) is 1.74. The molecule has 2 N–H and O–H groups in total. The van der Waals surface area contributed by atoms with E-state index in [0.717, 1.165) is 82.3 Å². The summed E-state index contributed by atoms with van der Waals surface area (Å²) in [5, 5.41) is 13.1. The molecule has 0 bridgehead atoms. The fraction of sp³-hybridized carbons (Fsp3) is 0.588. The van der Waals surface area contributed by atoms with Crippen LogP contribution in [0.15, 0.2) is 48.5 Å². The molecule has 45 heavy (non-hydrogen) atoms. The Morgan fingerprint density at radius 1 is 1.00 bits per heavy atom. The number of alkyl halides is 3. The minimum absolute atomic E-state index is 0.0237. The number of urea groups is 1. The van der Waals surface area contributed by atoms with Gasteiger partial charge in [0.15, 0.2) is 0 Å². The molecule has 3 fully saturated rings. The summed E-state index contributed by atoms with van der Waals surface area (Å²) in [6.07, 6.45) is 2.29. The second-order valence-electron chi connectivity index (χ2n) is 13.1. The molecule has 0 spiro atoms. The van der Waals surface area contributed by atoms with E-state index in [1.807, 2.05) is 6.07 Å². The van der Waals surface area contributed by atoms with Crippen LogP contribution in [0.4, 0.5) is 22.4 Å². The molecule has 2 amide bonds. The first kappa shape index (κ1) is 33.2. The van der Waals surface area contributed by atoms with Gasteiger partial charge in [0, 0.05) is 58.3 Å². The molecular formula is C34H44F4N4O3. The fourth-order valence-electron chi connectivity index (χ4n) is 7.64. The number of aliphatic carboxylic acids is 1. The van der Waals surface area contributed by atoms with Crippen LogP contribution in [-0.2, 0) is 17.5 Å². The highest BCUT2D eigenvalue weighted by molar-refractivity contribution is 5.74. The predicted octanol–water partition coefficient (Wildman–Crippen LogP) is 6.20. The average Bonchev–Trinajstić information content (AvgIpc) is 3.43. The Labute approximate surface area is 262 Å². The van der Waals surface area contributed by atoms with Gasteiger partial charge >= 0.3 is 18.2 Å². The summed E-state index contributed by atoms with van der Waals surface area (Å²) in [6.45, 7) is 3.71.